The van der Waals surface area contributed by atoms with Crippen LogP contribution in [0.5, 0.6) is 0 Å². The van der Waals surface area contributed by atoms with Gasteiger partial charge in [0.05, 0.1) is 5.52 Å². The average Bonchev–Trinajstić information content (AvgIpc) is 2.16. The van der Waals surface area contributed by atoms with Gasteiger partial charge in [-0.3, -0.25) is 4.98 Å². The first kappa shape index (κ1) is 9.64. The molecule has 1 aromatic heterocycles. The van der Waals surface area contributed by atoms with Gasteiger partial charge in [-0.25, -0.2) is 0 Å². The summed E-state index contributed by atoms with van der Waals surface area (Å²) in [4.78, 5) is 4.12. The molecule has 0 radical (unpaired) electrons. The van der Waals surface area contributed by atoms with Gasteiger partial charge in [0.25, 0.3) is 0 Å². The summed E-state index contributed by atoms with van der Waals surface area (Å²) in [7, 11) is -1.46. The zero-order valence-electron chi connectivity index (χ0n) is 7.18. The van der Waals surface area contributed by atoms with E-state index in [2.05, 4.69) is 20.9 Å². The van der Waals surface area contributed by atoms with Gasteiger partial charge in [-0.15, -0.1) is 0 Å². The molecule has 0 aliphatic heterocycles. The van der Waals surface area contributed by atoms with Crippen LogP contribution in [0, 0.1) is 0 Å². The van der Waals surface area contributed by atoms with Gasteiger partial charge in [0.15, 0.2) is 0 Å². The summed E-state index contributed by atoms with van der Waals surface area (Å²) >= 11 is 3.32. The van der Waals surface area contributed by atoms with Crippen molar-refractivity contribution < 1.29 is 10.0 Å². The Bertz CT molecular complexity index is 475. The molecule has 5 heteroatoms. The number of pyridine rings is 1. The largest absolute Gasteiger partial charge is 0.489 e. The van der Waals surface area contributed by atoms with Crippen molar-refractivity contribution in [3.63, 3.8) is 0 Å². The Morgan fingerprint density at radius 1 is 1.21 bits per heavy atom. The quantitative estimate of drug-likeness (QED) is 0.733. The molecule has 0 aliphatic carbocycles. The molecule has 1 heterocycles. The van der Waals surface area contributed by atoms with Crippen molar-refractivity contribution in [3.05, 3.63) is 34.9 Å². The molecule has 0 saturated carbocycles. The number of nitrogens with zero attached hydrogens (tertiary/aromatic N) is 1. The van der Waals surface area contributed by atoms with Crippen LogP contribution in [0.3, 0.4) is 0 Å². The maximum absolute atomic E-state index is 9.13. The van der Waals surface area contributed by atoms with Crippen LogP contribution < -0.4 is 5.46 Å². The van der Waals surface area contributed by atoms with E-state index in [1.807, 2.05) is 18.2 Å². The van der Waals surface area contributed by atoms with Crippen molar-refractivity contribution in [3.8, 4) is 0 Å². The Morgan fingerprint density at radius 3 is 2.71 bits per heavy atom. The zero-order valence-corrected chi connectivity index (χ0v) is 8.77. The van der Waals surface area contributed by atoms with Gasteiger partial charge < -0.3 is 10.0 Å². The molecule has 14 heavy (non-hydrogen) atoms. The standard InChI is InChI=1S/C9H7BBrNO2/c11-6-1-2-9-7(5-6)8(10(13)14)3-4-12-9/h1-5,13-14H. The lowest BCUT2D eigenvalue weighted by Crippen LogP contribution is -2.30. The fourth-order valence-corrected chi connectivity index (χ4v) is 1.73. The SMILES string of the molecule is OB(O)c1ccnc2ccc(Br)cc12. The molecule has 70 valence electrons. The number of fused-ring (bicyclic) bond motifs is 1. The molecule has 1 aromatic carbocycles. The molecule has 0 aliphatic rings. The van der Waals surface area contributed by atoms with Crippen molar-refractivity contribution in [1.29, 1.82) is 0 Å². The summed E-state index contributed by atoms with van der Waals surface area (Å²) in [5.41, 5.74) is 1.22. The van der Waals surface area contributed by atoms with Crippen molar-refractivity contribution >= 4 is 39.4 Å². The first-order chi connectivity index (χ1) is 6.68. The van der Waals surface area contributed by atoms with E-state index >= 15 is 0 Å². The maximum Gasteiger partial charge on any atom is 0.489 e. The fourth-order valence-electron chi connectivity index (χ4n) is 1.36. The lowest BCUT2D eigenvalue weighted by atomic mass is 9.78. The van der Waals surface area contributed by atoms with E-state index in [0.717, 1.165) is 15.4 Å². The molecule has 2 aromatic rings. The van der Waals surface area contributed by atoms with E-state index in [0.29, 0.717) is 5.46 Å². The van der Waals surface area contributed by atoms with E-state index < -0.39 is 7.12 Å². The van der Waals surface area contributed by atoms with Crippen LogP contribution in [0.25, 0.3) is 10.9 Å². The predicted molar refractivity (Wildman–Crippen MR) is 59.3 cm³/mol. The molecular formula is C9H7BBrNO2. The highest BCUT2D eigenvalue weighted by Crippen LogP contribution is 2.16. The van der Waals surface area contributed by atoms with Crippen LogP contribution >= 0.6 is 15.9 Å². The Kier molecular flexibility index (Phi) is 2.54. The Morgan fingerprint density at radius 2 is 2.00 bits per heavy atom. The van der Waals surface area contributed by atoms with Gasteiger partial charge in [-0.2, -0.15) is 0 Å². The molecule has 2 rings (SSSR count). The number of halogens is 1. The zero-order chi connectivity index (χ0) is 10.1. The number of benzene rings is 1. The molecule has 0 fully saturated rings. The van der Waals surface area contributed by atoms with Crippen LogP contribution in [0.15, 0.2) is 34.9 Å². The van der Waals surface area contributed by atoms with Gasteiger partial charge in [-0.05, 0) is 29.7 Å². The molecule has 0 spiro atoms. The first-order valence-electron chi connectivity index (χ1n) is 4.09. The molecule has 2 N–H and O–H groups in total. The van der Waals surface area contributed by atoms with E-state index in [-0.39, 0.29) is 0 Å². The number of rotatable bonds is 1. The molecule has 3 nitrogen and oxygen atoms in total. The minimum absolute atomic E-state index is 0.469. The summed E-state index contributed by atoms with van der Waals surface area (Å²) in [5, 5.41) is 19.0. The van der Waals surface area contributed by atoms with Crippen LogP contribution in [0.4, 0.5) is 0 Å². The van der Waals surface area contributed by atoms with Gasteiger partial charge in [-0.1, -0.05) is 15.9 Å². The van der Waals surface area contributed by atoms with Crippen molar-refractivity contribution in [2.75, 3.05) is 0 Å². The van der Waals surface area contributed by atoms with Crippen molar-refractivity contribution in [2.24, 2.45) is 0 Å². The summed E-state index contributed by atoms with van der Waals surface area (Å²) in [6.45, 7) is 0. The van der Waals surface area contributed by atoms with E-state index in [9.17, 15) is 0 Å². The van der Waals surface area contributed by atoms with Crippen molar-refractivity contribution in [2.45, 2.75) is 0 Å². The van der Waals surface area contributed by atoms with Crippen LogP contribution in [0.1, 0.15) is 0 Å². The van der Waals surface area contributed by atoms with Gasteiger partial charge in [0.2, 0.25) is 0 Å². The second kappa shape index (κ2) is 3.69. The summed E-state index contributed by atoms with van der Waals surface area (Å²) in [5.74, 6) is 0. The maximum atomic E-state index is 9.13. The molecule has 0 unspecified atom stereocenters. The van der Waals surface area contributed by atoms with E-state index in [1.54, 1.807) is 12.3 Å². The smallest absolute Gasteiger partial charge is 0.423 e. The van der Waals surface area contributed by atoms with Crippen LogP contribution in [0.2, 0.25) is 0 Å². The Balaban J connectivity index is 2.77. The van der Waals surface area contributed by atoms with Gasteiger partial charge >= 0.3 is 7.12 Å². The fraction of sp³-hybridized carbons (Fsp3) is 0. The Hall–Kier alpha value is -0.905. The highest BCUT2D eigenvalue weighted by Gasteiger charge is 2.14. The van der Waals surface area contributed by atoms with Crippen molar-refractivity contribution in [1.82, 2.24) is 4.98 Å². The van der Waals surface area contributed by atoms with Crippen LogP contribution in [-0.2, 0) is 0 Å². The summed E-state index contributed by atoms with van der Waals surface area (Å²) < 4.78 is 0.889. The topological polar surface area (TPSA) is 53.4 Å². The number of aromatic nitrogens is 1. The molecule has 0 atom stereocenters. The second-order valence-corrected chi connectivity index (χ2v) is 3.85. The monoisotopic (exact) mass is 251 g/mol. The number of hydrogen-bond acceptors (Lipinski definition) is 3. The minimum Gasteiger partial charge on any atom is -0.423 e. The minimum atomic E-state index is -1.46. The highest BCUT2D eigenvalue weighted by molar-refractivity contribution is 9.10. The number of hydrogen-bond donors (Lipinski definition) is 2. The molecular weight excluding hydrogens is 245 g/mol. The second-order valence-electron chi connectivity index (χ2n) is 2.94. The normalized spacial score (nSPS) is 10.5. The Labute approximate surface area is 89.7 Å². The third kappa shape index (κ3) is 1.66. The van der Waals surface area contributed by atoms with E-state index in [1.165, 1.54) is 0 Å². The highest BCUT2D eigenvalue weighted by atomic mass is 79.9. The molecule has 0 saturated heterocycles. The third-order valence-corrected chi connectivity index (χ3v) is 2.51. The molecule has 0 bridgehead atoms. The van der Waals surface area contributed by atoms with Crippen LogP contribution in [-0.4, -0.2) is 22.2 Å². The summed E-state index contributed by atoms with van der Waals surface area (Å²) in [6.07, 6.45) is 1.56. The third-order valence-electron chi connectivity index (χ3n) is 2.02. The first-order valence-corrected chi connectivity index (χ1v) is 4.88. The lowest BCUT2D eigenvalue weighted by Gasteiger charge is -2.04. The van der Waals surface area contributed by atoms with E-state index in [4.69, 9.17) is 10.0 Å². The van der Waals surface area contributed by atoms with Gasteiger partial charge in [0, 0.05) is 16.1 Å². The molecule has 0 amide bonds. The predicted octanol–water partition coefficient (Wildman–Crippen LogP) is 0.677. The lowest BCUT2D eigenvalue weighted by molar-refractivity contribution is 0.426. The van der Waals surface area contributed by atoms with Gasteiger partial charge in [0.1, 0.15) is 0 Å². The average molecular weight is 252 g/mol. The summed E-state index contributed by atoms with van der Waals surface area (Å²) in [6, 6.07) is 7.10.